The van der Waals surface area contributed by atoms with Crippen LogP contribution in [0, 0.1) is 6.92 Å². The second kappa shape index (κ2) is 13.0. The summed E-state index contributed by atoms with van der Waals surface area (Å²) in [5.74, 6) is 2.23. The molecule has 2 N–H and O–H groups in total. The zero-order valence-electron chi connectivity index (χ0n) is 15.8. The van der Waals surface area contributed by atoms with E-state index in [2.05, 4.69) is 15.6 Å². The average molecular weight is 466 g/mol. The Hall–Kier alpha value is -1.29. The molecule has 8 heteroatoms. The number of nitrogens with one attached hydrogen (secondary N) is 2. The quantitative estimate of drug-likeness (QED) is 0.253. The molecule has 0 spiro atoms. The summed E-state index contributed by atoms with van der Waals surface area (Å²) in [4.78, 5) is 17.6. The zero-order chi connectivity index (χ0) is 17.9. The normalized spacial score (nSPS) is 12.3. The number of likely N-dealkylation sites (N-methyl/N-ethyl adjacent to an activating group) is 1. The lowest BCUT2D eigenvalue weighted by atomic mass is 10.2. The Kier molecular flexibility index (Phi) is 12.3. The van der Waals surface area contributed by atoms with Gasteiger partial charge in [-0.1, -0.05) is 0 Å². The minimum Gasteiger partial charge on any atom is -0.464 e. The summed E-state index contributed by atoms with van der Waals surface area (Å²) in [5.41, 5.74) is 0. The predicted octanol–water partition coefficient (Wildman–Crippen LogP) is 2.32. The van der Waals surface area contributed by atoms with Gasteiger partial charge in [-0.05, 0) is 39.3 Å². The molecule has 0 aliphatic heterocycles. The maximum atomic E-state index is 11.7. The number of hydrogen-bond donors (Lipinski definition) is 2. The summed E-state index contributed by atoms with van der Waals surface area (Å²) in [6, 6.07) is 3.81. The minimum absolute atomic E-state index is 0. The average Bonchev–Trinajstić information content (AvgIpc) is 2.98. The van der Waals surface area contributed by atoms with Crippen LogP contribution in [0.5, 0.6) is 0 Å². The number of rotatable bonds is 9. The molecule has 25 heavy (non-hydrogen) atoms. The number of amides is 1. The molecule has 0 aliphatic carbocycles. The highest BCUT2D eigenvalue weighted by atomic mass is 127. The molecule has 1 unspecified atom stereocenters. The van der Waals surface area contributed by atoms with Crippen molar-refractivity contribution in [2.24, 2.45) is 4.99 Å². The number of halogens is 1. The summed E-state index contributed by atoms with van der Waals surface area (Å²) >= 11 is 0. The maximum absolute atomic E-state index is 11.7. The number of carbonyl (C=O) groups is 1. The van der Waals surface area contributed by atoms with Crippen LogP contribution in [-0.4, -0.2) is 57.2 Å². The second-order valence-electron chi connectivity index (χ2n) is 5.74. The van der Waals surface area contributed by atoms with Crippen molar-refractivity contribution in [3.05, 3.63) is 23.7 Å². The number of nitrogens with zero attached hydrogens (tertiary/aromatic N) is 2. The second-order valence-corrected chi connectivity index (χ2v) is 5.74. The van der Waals surface area contributed by atoms with Crippen molar-refractivity contribution in [3.63, 3.8) is 0 Å². The first kappa shape index (κ1) is 23.7. The molecule has 0 saturated heterocycles. The third kappa shape index (κ3) is 9.69. The molecule has 0 fully saturated rings. The zero-order valence-corrected chi connectivity index (χ0v) is 18.1. The highest BCUT2D eigenvalue weighted by Crippen LogP contribution is 2.15. The van der Waals surface area contributed by atoms with Crippen molar-refractivity contribution in [2.75, 3.05) is 40.4 Å². The van der Waals surface area contributed by atoms with E-state index in [1.807, 2.05) is 32.9 Å². The Bertz CT molecular complexity index is 532. The number of carbonyl (C=O) groups excluding carboxylic acids is 1. The van der Waals surface area contributed by atoms with Gasteiger partial charge in [0.05, 0.1) is 6.04 Å². The number of hydrogen-bond acceptors (Lipinski definition) is 4. The van der Waals surface area contributed by atoms with Gasteiger partial charge in [0.1, 0.15) is 18.1 Å². The highest BCUT2D eigenvalue weighted by molar-refractivity contribution is 14.0. The van der Waals surface area contributed by atoms with Gasteiger partial charge in [0.2, 0.25) is 5.91 Å². The van der Waals surface area contributed by atoms with Crippen LogP contribution in [0.4, 0.5) is 0 Å². The van der Waals surface area contributed by atoms with E-state index in [1.165, 1.54) is 4.90 Å². The van der Waals surface area contributed by atoms with Crippen molar-refractivity contribution in [3.8, 4) is 0 Å². The first-order valence-corrected chi connectivity index (χ1v) is 8.33. The summed E-state index contributed by atoms with van der Waals surface area (Å²) in [5, 5.41) is 6.49. The molecule has 1 rings (SSSR count). The Morgan fingerprint density at radius 3 is 2.68 bits per heavy atom. The molecule has 7 nitrogen and oxygen atoms in total. The summed E-state index contributed by atoms with van der Waals surface area (Å²) < 4.78 is 10.9. The van der Waals surface area contributed by atoms with Gasteiger partial charge in [-0.2, -0.15) is 0 Å². The van der Waals surface area contributed by atoms with Crippen LogP contribution in [0.1, 0.15) is 37.8 Å². The smallest absolute Gasteiger partial charge is 0.243 e. The first-order chi connectivity index (χ1) is 11.4. The lowest BCUT2D eigenvalue weighted by molar-refractivity contribution is -0.127. The molecule has 0 aromatic carbocycles. The van der Waals surface area contributed by atoms with E-state index in [0.29, 0.717) is 25.7 Å². The van der Waals surface area contributed by atoms with E-state index < -0.39 is 0 Å². The largest absolute Gasteiger partial charge is 0.464 e. The lowest BCUT2D eigenvalue weighted by Crippen LogP contribution is -2.40. The third-order valence-corrected chi connectivity index (χ3v) is 3.37. The van der Waals surface area contributed by atoms with E-state index in [0.717, 1.165) is 17.9 Å². The molecule has 0 radical (unpaired) electrons. The van der Waals surface area contributed by atoms with Crippen LogP contribution in [0.3, 0.4) is 0 Å². The molecule has 1 aromatic heterocycles. The fraction of sp³-hybridized carbons (Fsp3) is 0.647. The van der Waals surface area contributed by atoms with E-state index in [9.17, 15) is 4.79 Å². The SMILES string of the molecule is CCOCCCNC(=NCC(=O)N(C)C)NC(C)c1ccc(C)o1.I. The monoisotopic (exact) mass is 466 g/mol. The van der Waals surface area contributed by atoms with Gasteiger partial charge in [-0.3, -0.25) is 4.79 Å². The number of aliphatic imine (C=N–C) groups is 1. The standard InChI is InChI=1S/C17H30N4O3.HI/c1-6-23-11-7-10-18-17(19-12-16(22)21(4)5)20-14(3)15-9-8-13(2)24-15;/h8-9,14H,6-7,10-12H2,1-5H3,(H2,18,19,20);1H. The van der Waals surface area contributed by atoms with Crippen LogP contribution in [0.25, 0.3) is 0 Å². The summed E-state index contributed by atoms with van der Waals surface area (Å²) in [6.07, 6.45) is 0.865. The maximum Gasteiger partial charge on any atom is 0.243 e. The van der Waals surface area contributed by atoms with Gasteiger partial charge in [0.25, 0.3) is 0 Å². The van der Waals surface area contributed by atoms with Crippen LogP contribution in [0.15, 0.2) is 21.5 Å². The fourth-order valence-electron chi connectivity index (χ4n) is 1.93. The van der Waals surface area contributed by atoms with Crippen LogP contribution in [-0.2, 0) is 9.53 Å². The molecule has 144 valence electrons. The molecular weight excluding hydrogens is 435 g/mol. The summed E-state index contributed by atoms with van der Waals surface area (Å²) in [7, 11) is 3.43. The molecule has 1 amide bonds. The minimum atomic E-state index is -0.0497. The topological polar surface area (TPSA) is 79.1 Å². The van der Waals surface area contributed by atoms with Gasteiger partial charge in [-0.15, -0.1) is 24.0 Å². The van der Waals surface area contributed by atoms with Crippen molar-refractivity contribution < 1.29 is 13.9 Å². The summed E-state index contributed by atoms with van der Waals surface area (Å²) in [6.45, 7) is 8.09. The lowest BCUT2D eigenvalue weighted by Gasteiger charge is -2.17. The number of ether oxygens (including phenoxy) is 1. The van der Waals surface area contributed by atoms with Gasteiger partial charge < -0.3 is 24.7 Å². The van der Waals surface area contributed by atoms with Crippen molar-refractivity contribution in [1.29, 1.82) is 0 Å². The molecule has 1 heterocycles. The predicted molar refractivity (Wildman–Crippen MR) is 111 cm³/mol. The van der Waals surface area contributed by atoms with Crippen molar-refractivity contribution in [1.82, 2.24) is 15.5 Å². The van der Waals surface area contributed by atoms with E-state index in [4.69, 9.17) is 9.15 Å². The molecule has 0 saturated carbocycles. The molecule has 1 atom stereocenters. The molecule has 0 bridgehead atoms. The Morgan fingerprint density at radius 1 is 1.40 bits per heavy atom. The fourth-order valence-corrected chi connectivity index (χ4v) is 1.93. The van der Waals surface area contributed by atoms with E-state index in [1.54, 1.807) is 14.1 Å². The van der Waals surface area contributed by atoms with E-state index in [-0.39, 0.29) is 42.5 Å². The first-order valence-electron chi connectivity index (χ1n) is 8.33. The molecule has 0 aliphatic rings. The van der Waals surface area contributed by atoms with Crippen LogP contribution >= 0.6 is 24.0 Å². The molecule has 1 aromatic rings. The van der Waals surface area contributed by atoms with Gasteiger partial charge >= 0.3 is 0 Å². The van der Waals surface area contributed by atoms with Crippen molar-refractivity contribution >= 4 is 35.8 Å². The number of guanidine groups is 1. The number of aryl methyl sites for hydroxylation is 1. The number of furan rings is 1. The third-order valence-electron chi connectivity index (χ3n) is 3.37. The highest BCUT2D eigenvalue weighted by Gasteiger charge is 2.12. The van der Waals surface area contributed by atoms with E-state index >= 15 is 0 Å². The van der Waals surface area contributed by atoms with Gasteiger partial charge in [0.15, 0.2) is 5.96 Å². The van der Waals surface area contributed by atoms with Crippen LogP contribution in [0.2, 0.25) is 0 Å². The van der Waals surface area contributed by atoms with Crippen LogP contribution < -0.4 is 10.6 Å². The van der Waals surface area contributed by atoms with Crippen molar-refractivity contribution in [2.45, 2.75) is 33.2 Å². The van der Waals surface area contributed by atoms with Gasteiger partial charge in [-0.25, -0.2) is 4.99 Å². The Labute approximate surface area is 167 Å². The molecular formula is C17H31IN4O3. The Morgan fingerprint density at radius 2 is 2.12 bits per heavy atom. The van der Waals surface area contributed by atoms with Gasteiger partial charge in [0, 0.05) is 33.9 Å². The Balaban J connectivity index is 0.00000576.